The van der Waals surface area contributed by atoms with Gasteiger partial charge in [0.05, 0.1) is 5.60 Å². The molecule has 1 aromatic heterocycles. The number of anilines is 2. The fourth-order valence-electron chi connectivity index (χ4n) is 1.56. The van der Waals surface area contributed by atoms with Crippen molar-refractivity contribution in [2.75, 3.05) is 17.6 Å². The normalized spacial score (nSPS) is 18.6. The van der Waals surface area contributed by atoms with Gasteiger partial charge in [-0.1, -0.05) is 0 Å². The first kappa shape index (κ1) is 9.27. The van der Waals surface area contributed by atoms with Gasteiger partial charge in [-0.25, -0.2) is 4.98 Å². The fourth-order valence-corrected chi connectivity index (χ4v) is 1.56. The molecule has 1 heterocycles. The summed E-state index contributed by atoms with van der Waals surface area (Å²) in [4.78, 5) is 4.10. The standard InChI is InChI=1S/C10H15N3O/c11-8-2-5-12-9(6-8)13-7-10(14)3-1-4-10/h2,5-6,14H,1,3-4,7H2,(H3,11,12,13). The second-order valence-corrected chi connectivity index (χ2v) is 3.91. The highest BCUT2D eigenvalue weighted by atomic mass is 16.3. The Kier molecular flexibility index (Phi) is 2.29. The molecular weight excluding hydrogens is 178 g/mol. The monoisotopic (exact) mass is 193 g/mol. The van der Waals surface area contributed by atoms with Crippen molar-refractivity contribution in [3.05, 3.63) is 18.3 Å². The zero-order chi connectivity index (χ0) is 10.0. The molecule has 0 saturated heterocycles. The van der Waals surface area contributed by atoms with E-state index < -0.39 is 5.60 Å². The van der Waals surface area contributed by atoms with Gasteiger partial charge in [0.15, 0.2) is 0 Å². The molecule has 0 atom stereocenters. The number of aliphatic hydroxyl groups is 1. The maximum absolute atomic E-state index is 9.82. The number of rotatable bonds is 3. The lowest BCUT2D eigenvalue weighted by Crippen LogP contribution is -2.43. The average molecular weight is 193 g/mol. The summed E-state index contributed by atoms with van der Waals surface area (Å²) in [6, 6.07) is 3.51. The average Bonchev–Trinajstić information content (AvgIpc) is 2.12. The minimum Gasteiger partial charge on any atom is -0.399 e. The van der Waals surface area contributed by atoms with Crippen molar-refractivity contribution in [3.8, 4) is 0 Å². The van der Waals surface area contributed by atoms with E-state index in [1.165, 1.54) is 0 Å². The van der Waals surface area contributed by atoms with Crippen LogP contribution in [0.5, 0.6) is 0 Å². The number of nitrogens with two attached hydrogens (primary N) is 1. The lowest BCUT2D eigenvalue weighted by atomic mass is 9.80. The van der Waals surface area contributed by atoms with E-state index in [0.29, 0.717) is 12.2 Å². The second-order valence-electron chi connectivity index (χ2n) is 3.91. The van der Waals surface area contributed by atoms with E-state index in [2.05, 4.69) is 10.3 Å². The molecule has 0 amide bonds. The van der Waals surface area contributed by atoms with Crippen molar-refractivity contribution in [1.29, 1.82) is 0 Å². The predicted molar refractivity (Wildman–Crippen MR) is 55.9 cm³/mol. The molecular formula is C10H15N3O. The molecule has 1 aromatic rings. The zero-order valence-electron chi connectivity index (χ0n) is 8.03. The van der Waals surface area contributed by atoms with Gasteiger partial charge in [-0.05, 0) is 25.3 Å². The van der Waals surface area contributed by atoms with E-state index in [0.717, 1.165) is 25.1 Å². The molecule has 1 aliphatic carbocycles. The number of aromatic nitrogens is 1. The highest BCUT2D eigenvalue weighted by Crippen LogP contribution is 2.31. The van der Waals surface area contributed by atoms with Crippen molar-refractivity contribution in [1.82, 2.24) is 4.98 Å². The molecule has 1 saturated carbocycles. The molecule has 4 N–H and O–H groups in total. The fraction of sp³-hybridized carbons (Fsp3) is 0.500. The number of nitrogens with zero attached hydrogens (tertiary/aromatic N) is 1. The summed E-state index contributed by atoms with van der Waals surface area (Å²) in [7, 11) is 0. The first-order valence-corrected chi connectivity index (χ1v) is 4.86. The van der Waals surface area contributed by atoms with Crippen LogP contribution in [0.4, 0.5) is 11.5 Å². The molecule has 1 fully saturated rings. The van der Waals surface area contributed by atoms with Crippen molar-refractivity contribution in [2.24, 2.45) is 0 Å². The third kappa shape index (κ3) is 1.96. The number of hydrogen-bond donors (Lipinski definition) is 3. The smallest absolute Gasteiger partial charge is 0.128 e. The summed E-state index contributed by atoms with van der Waals surface area (Å²) in [6.07, 6.45) is 4.52. The van der Waals surface area contributed by atoms with Crippen LogP contribution in [-0.2, 0) is 0 Å². The topological polar surface area (TPSA) is 71.2 Å². The molecule has 14 heavy (non-hydrogen) atoms. The third-order valence-electron chi connectivity index (χ3n) is 2.67. The van der Waals surface area contributed by atoms with E-state index in [1.807, 2.05) is 0 Å². The highest BCUT2D eigenvalue weighted by Gasteiger charge is 2.33. The summed E-state index contributed by atoms with van der Waals surface area (Å²) in [5.74, 6) is 0.727. The summed E-state index contributed by atoms with van der Waals surface area (Å²) < 4.78 is 0. The van der Waals surface area contributed by atoms with Crippen LogP contribution in [0.25, 0.3) is 0 Å². The van der Waals surface area contributed by atoms with Crippen LogP contribution in [0, 0.1) is 0 Å². The molecule has 0 unspecified atom stereocenters. The van der Waals surface area contributed by atoms with Gasteiger partial charge in [-0.3, -0.25) is 0 Å². The number of nitrogens with one attached hydrogen (secondary N) is 1. The molecule has 4 heteroatoms. The molecule has 4 nitrogen and oxygen atoms in total. The van der Waals surface area contributed by atoms with Crippen molar-refractivity contribution in [2.45, 2.75) is 24.9 Å². The summed E-state index contributed by atoms with van der Waals surface area (Å²) in [6.45, 7) is 0.559. The lowest BCUT2D eigenvalue weighted by molar-refractivity contribution is -0.0202. The van der Waals surface area contributed by atoms with Crippen LogP contribution in [-0.4, -0.2) is 22.2 Å². The Morgan fingerprint density at radius 3 is 2.93 bits per heavy atom. The molecule has 0 bridgehead atoms. The molecule has 76 valence electrons. The van der Waals surface area contributed by atoms with E-state index in [-0.39, 0.29) is 0 Å². The van der Waals surface area contributed by atoms with Crippen LogP contribution in [0.2, 0.25) is 0 Å². The molecule has 0 aliphatic heterocycles. The van der Waals surface area contributed by atoms with E-state index >= 15 is 0 Å². The summed E-state index contributed by atoms with van der Waals surface area (Å²) in [5, 5.41) is 12.9. The van der Waals surface area contributed by atoms with Gasteiger partial charge in [0.1, 0.15) is 5.82 Å². The van der Waals surface area contributed by atoms with E-state index in [4.69, 9.17) is 5.73 Å². The van der Waals surface area contributed by atoms with Gasteiger partial charge in [-0.2, -0.15) is 0 Å². The SMILES string of the molecule is Nc1ccnc(NCC2(O)CCC2)c1. The van der Waals surface area contributed by atoms with Gasteiger partial charge >= 0.3 is 0 Å². The van der Waals surface area contributed by atoms with Gasteiger partial charge in [0.2, 0.25) is 0 Å². The Labute approximate surface area is 83.2 Å². The maximum Gasteiger partial charge on any atom is 0.128 e. The summed E-state index contributed by atoms with van der Waals surface area (Å²) >= 11 is 0. The lowest BCUT2D eigenvalue weighted by Gasteiger charge is -2.36. The molecule has 0 radical (unpaired) electrons. The largest absolute Gasteiger partial charge is 0.399 e. The van der Waals surface area contributed by atoms with Crippen LogP contribution in [0.1, 0.15) is 19.3 Å². The first-order chi connectivity index (χ1) is 6.68. The van der Waals surface area contributed by atoms with Crippen LogP contribution in [0.15, 0.2) is 18.3 Å². The van der Waals surface area contributed by atoms with Gasteiger partial charge in [-0.15, -0.1) is 0 Å². The van der Waals surface area contributed by atoms with Gasteiger partial charge in [0.25, 0.3) is 0 Å². The maximum atomic E-state index is 9.82. The first-order valence-electron chi connectivity index (χ1n) is 4.86. The van der Waals surface area contributed by atoms with Gasteiger partial charge in [0, 0.05) is 24.5 Å². The minimum absolute atomic E-state index is 0.522. The minimum atomic E-state index is -0.522. The molecule has 0 spiro atoms. The van der Waals surface area contributed by atoms with Crippen molar-refractivity contribution < 1.29 is 5.11 Å². The van der Waals surface area contributed by atoms with Crippen LogP contribution >= 0.6 is 0 Å². The molecule has 0 aromatic carbocycles. The van der Waals surface area contributed by atoms with E-state index in [1.54, 1.807) is 18.3 Å². The molecule has 1 aliphatic rings. The Balaban J connectivity index is 1.91. The van der Waals surface area contributed by atoms with Crippen LogP contribution < -0.4 is 11.1 Å². The zero-order valence-corrected chi connectivity index (χ0v) is 8.03. The highest BCUT2D eigenvalue weighted by molar-refractivity contribution is 5.48. The Morgan fingerprint density at radius 2 is 2.36 bits per heavy atom. The second kappa shape index (κ2) is 3.46. The summed E-state index contributed by atoms with van der Waals surface area (Å²) in [5.41, 5.74) is 5.76. The Morgan fingerprint density at radius 1 is 1.57 bits per heavy atom. The predicted octanol–water partition coefficient (Wildman–Crippen LogP) is 0.991. The number of nitrogen functional groups attached to an aromatic ring is 1. The Bertz CT molecular complexity index is 323. The third-order valence-corrected chi connectivity index (χ3v) is 2.67. The Hall–Kier alpha value is -1.29. The molecule has 2 rings (SSSR count). The van der Waals surface area contributed by atoms with Crippen molar-refractivity contribution >= 4 is 11.5 Å². The number of hydrogen-bond acceptors (Lipinski definition) is 4. The van der Waals surface area contributed by atoms with Crippen molar-refractivity contribution in [3.63, 3.8) is 0 Å². The van der Waals surface area contributed by atoms with Gasteiger partial charge < -0.3 is 16.2 Å². The van der Waals surface area contributed by atoms with Crippen LogP contribution in [0.3, 0.4) is 0 Å². The van der Waals surface area contributed by atoms with E-state index in [9.17, 15) is 5.11 Å². The quantitative estimate of drug-likeness (QED) is 0.669. The number of pyridine rings is 1.